The zero-order valence-electron chi connectivity index (χ0n) is 16.9. The predicted molar refractivity (Wildman–Crippen MR) is 100 cm³/mol. The molecule has 0 aromatic heterocycles. The Morgan fingerprint density at radius 3 is 2.54 bits per heavy atom. The Morgan fingerprint density at radius 1 is 1.27 bits per heavy atom. The van der Waals surface area contributed by atoms with Gasteiger partial charge in [0.15, 0.2) is 0 Å². The first kappa shape index (κ1) is 20.0. The molecule has 0 aliphatic heterocycles. The van der Waals surface area contributed by atoms with E-state index in [2.05, 4.69) is 20.8 Å². The average molecular weight is 367 g/mol. The fourth-order valence-electron chi connectivity index (χ4n) is 7.02. The largest absolute Gasteiger partial charge is 0.393 e. The van der Waals surface area contributed by atoms with E-state index in [4.69, 9.17) is 4.74 Å². The Balaban J connectivity index is 2.15. The molecule has 3 aliphatic rings. The minimum atomic E-state index is -0.719. The lowest BCUT2D eigenvalue weighted by Gasteiger charge is -2.61. The summed E-state index contributed by atoms with van der Waals surface area (Å²) in [4.78, 5) is 13.6. The highest BCUT2D eigenvalue weighted by atomic mass is 19.1. The van der Waals surface area contributed by atoms with Crippen LogP contribution in [0.1, 0.15) is 66.2 Å². The number of ether oxygens (including phenoxy) is 1. The third-order valence-electron chi connectivity index (χ3n) is 8.83. The van der Waals surface area contributed by atoms with Gasteiger partial charge in [0.05, 0.1) is 18.5 Å². The number of aliphatic hydroxyl groups is 1. The smallest absolute Gasteiger partial charge is 0.142 e. The summed E-state index contributed by atoms with van der Waals surface area (Å²) in [5.41, 5.74) is -1.12. The minimum absolute atomic E-state index is 0.0926. The van der Waals surface area contributed by atoms with Crippen LogP contribution in [0.5, 0.6) is 0 Å². The molecule has 1 N–H and O–H groups in total. The van der Waals surface area contributed by atoms with Crippen molar-refractivity contribution in [1.82, 2.24) is 0 Å². The van der Waals surface area contributed by atoms with E-state index >= 15 is 0 Å². The number of ketones is 1. The molecule has 0 aromatic rings. The summed E-state index contributed by atoms with van der Waals surface area (Å²) in [6, 6.07) is 0. The Hall–Kier alpha value is -0.740. The van der Waals surface area contributed by atoms with E-state index in [1.54, 1.807) is 7.11 Å². The summed E-state index contributed by atoms with van der Waals surface area (Å²) in [5, 5.41) is 11.4. The average Bonchev–Trinajstić information content (AvgIpc) is 3.02. The van der Waals surface area contributed by atoms with Gasteiger partial charge in [-0.2, -0.15) is 0 Å². The topological polar surface area (TPSA) is 46.5 Å². The number of carbonyl (C=O) groups excluding carboxylic acids is 1. The molecule has 0 heterocycles. The number of methoxy groups -OCH3 is 1. The molecule has 3 unspecified atom stereocenters. The van der Waals surface area contributed by atoms with E-state index in [1.165, 1.54) is 6.08 Å². The minimum Gasteiger partial charge on any atom is -0.393 e. The third-order valence-corrected chi connectivity index (χ3v) is 8.83. The maximum Gasteiger partial charge on any atom is 0.142 e. The first-order chi connectivity index (χ1) is 12.2. The summed E-state index contributed by atoms with van der Waals surface area (Å²) < 4.78 is 18.6. The molecule has 0 saturated heterocycles. The van der Waals surface area contributed by atoms with Gasteiger partial charge in [-0.25, -0.2) is 4.39 Å². The van der Waals surface area contributed by atoms with Gasteiger partial charge in [-0.15, -0.1) is 0 Å². The van der Waals surface area contributed by atoms with Crippen molar-refractivity contribution in [2.24, 2.45) is 34.0 Å². The van der Waals surface area contributed by atoms with Gasteiger partial charge in [0.1, 0.15) is 5.78 Å². The number of allylic oxidation sites excluding steroid dienone is 1. The van der Waals surface area contributed by atoms with Crippen LogP contribution in [0.2, 0.25) is 0 Å². The van der Waals surface area contributed by atoms with E-state index in [1.807, 2.05) is 6.92 Å². The Labute approximate surface area is 157 Å². The van der Waals surface area contributed by atoms with Crippen LogP contribution in [0.15, 0.2) is 12.4 Å². The predicted octanol–water partition coefficient (Wildman–Crippen LogP) is 4.68. The van der Waals surface area contributed by atoms with Gasteiger partial charge >= 0.3 is 0 Å². The Morgan fingerprint density at radius 2 is 1.92 bits per heavy atom. The fraction of sp³-hybridized carbons (Fsp3) is 0.864. The zero-order chi connectivity index (χ0) is 19.3. The highest BCUT2D eigenvalue weighted by Crippen LogP contribution is 2.68. The molecule has 3 nitrogen and oxygen atoms in total. The van der Waals surface area contributed by atoms with Gasteiger partial charge in [-0.3, -0.25) is 4.79 Å². The zero-order valence-corrected chi connectivity index (χ0v) is 16.9. The third kappa shape index (κ3) is 2.55. The van der Waals surface area contributed by atoms with Gasteiger partial charge in [-0.1, -0.05) is 33.8 Å². The van der Waals surface area contributed by atoms with Crippen molar-refractivity contribution in [3.05, 3.63) is 12.4 Å². The van der Waals surface area contributed by atoms with Crippen molar-refractivity contribution in [1.29, 1.82) is 0 Å². The quantitative estimate of drug-likeness (QED) is 0.789. The second kappa shape index (κ2) is 6.70. The second-order valence-corrected chi connectivity index (χ2v) is 9.76. The number of hydrogen-bond donors (Lipinski definition) is 1. The van der Waals surface area contributed by atoms with Crippen molar-refractivity contribution < 1.29 is 19.0 Å². The van der Waals surface area contributed by atoms with Crippen LogP contribution in [-0.4, -0.2) is 30.2 Å². The summed E-state index contributed by atoms with van der Waals surface area (Å²) in [6.45, 7) is 8.45. The maximum atomic E-state index is 13.6. The molecule has 0 spiro atoms. The molecule has 26 heavy (non-hydrogen) atoms. The van der Waals surface area contributed by atoms with Crippen molar-refractivity contribution in [2.75, 3.05) is 7.11 Å². The van der Waals surface area contributed by atoms with Crippen LogP contribution in [0.3, 0.4) is 0 Å². The fourth-order valence-corrected chi connectivity index (χ4v) is 7.02. The molecule has 4 heteroatoms. The molecule has 148 valence electrons. The Kier molecular flexibility index (Phi) is 5.16. The maximum absolute atomic E-state index is 13.6. The van der Waals surface area contributed by atoms with E-state index in [0.717, 1.165) is 25.7 Å². The van der Waals surface area contributed by atoms with Crippen molar-refractivity contribution in [2.45, 2.75) is 78.4 Å². The van der Waals surface area contributed by atoms with Gasteiger partial charge < -0.3 is 9.84 Å². The Bertz CT molecular complexity index is 590. The molecule has 3 saturated carbocycles. The number of carbonyl (C=O) groups is 1. The summed E-state index contributed by atoms with van der Waals surface area (Å²) in [5.74, 6) is 0.657. The first-order valence-corrected chi connectivity index (χ1v) is 10.2. The van der Waals surface area contributed by atoms with Crippen LogP contribution in [0, 0.1) is 34.0 Å². The molecule has 0 aromatic carbocycles. The number of rotatable bonds is 3. The molecule has 3 fully saturated rings. The number of aliphatic hydroxyl groups excluding tert-OH is 1. The molecule has 2 bridgehead atoms. The van der Waals surface area contributed by atoms with Gasteiger partial charge in [-0.05, 0) is 55.8 Å². The van der Waals surface area contributed by atoms with Crippen LogP contribution in [-0.2, 0) is 9.53 Å². The number of hydrogen-bond acceptors (Lipinski definition) is 3. The highest BCUT2D eigenvalue weighted by molar-refractivity contribution is 5.87. The monoisotopic (exact) mass is 366 g/mol. The molecule has 8 atom stereocenters. The normalized spacial score (nSPS) is 52.0. The molecule has 0 amide bonds. The van der Waals surface area contributed by atoms with E-state index in [9.17, 15) is 14.3 Å². The summed E-state index contributed by atoms with van der Waals surface area (Å²) in [7, 11) is 1.77. The first-order valence-electron chi connectivity index (χ1n) is 10.2. The van der Waals surface area contributed by atoms with Gasteiger partial charge in [0, 0.05) is 23.9 Å². The lowest BCUT2D eigenvalue weighted by Crippen LogP contribution is -2.62. The number of Topliss-reactive ketones (excluding diaryl/α,β-unsaturated/α-hetero) is 1. The molecular weight excluding hydrogens is 331 g/mol. The summed E-state index contributed by atoms with van der Waals surface area (Å²) >= 11 is 0. The van der Waals surface area contributed by atoms with Gasteiger partial charge in [0.2, 0.25) is 0 Å². The molecular formula is C22H35FO3. The van der Waals surface area contributed by atoms with Crippen molar-refractivity contribution >= 4 is 5.78 Å². The van der Waals surface area contributed by atoms with E-state index < -0.39 is 11.5 Å². The lowest BCUT2D eigenvalue weighted by atomic mass is 9.44. The lowest BCUT2D eigenvalue weighted by molar-refractivity contribution is -0.191. The second-order valence-electron chi connectivity index (χ2n) is 9.76. The van der Waals surface area contributed by atoms with Gasteiger partial charge in [0.25, 0.3) is 0 Å². The van der Waals surface area contributed by atoms with E-state index in [-0.39, 0.29) is 34.6 Å². The van der Waals surface area contributed by atoms with Crippen LogP contribution < -0.4 is 0 Å². The SMILES string of the molecule is COC1CCC23CC[C@@H](C)[C@](C)(C12)[C@H](O)C[C@@](C)(CC=CF)C(=O)[C@@H]3C. The molecule has 0 radical (unpaired) electrons. The van der Waals surface area contributed by atoms with Crippen LogP contribution in [0.25, 0.3) is 0 Å². The molecule has 3 rings (SSSR count). The summed E-state index contributed by atoms with van der Waals surface area (Å²) in [6.07, 6.45) is 6.20. The molecule has 3 aliphatic carbocycles. The standard InChI is InChI=1S/C22H35FO3/c1-14-7-10-22-11-8-16(26-5)18(22)21(14,4)17(24)13-20(3,9-6-12-23)19(25)15(22)2/h6,12,14-18,24H,7-11,13H2,1-5H3/t14-,15+,16?,17-,18?,20-,21+,22?/m1/s1. The van der Waals surface area contributed by atoms with Crippen LogP contribution in [0.4, 0.5) is 4.39 Å². The van der Waals surface area contributed by atoms with Crippen molar-refractivity contribution in [3.8, 4) is 0 Å². The number of halogens is 1. The van der Waals surface area contributed by atoms with E-state index in [0.29, 0.717) is 25.1 Å². The van der Waals surface area contributed by atoms with Crippen LogP contribution >= 0.6 is 0 Å². The highest BCUT2D eigenvalue weighted by Gasteiger charge is 2.67. The van der Waals surface area contributed by atoms with Crippen molar-refractivity contribution in [3.63, 3.8) is 0 Å².